The number of amides is 1. The molecular formula is C23H18F8N6O3S. The van der Waals surface area contributed by atoms with Crippen molar-refractivity contribution >= 4 is 15.9 Å². The van der Waals surface area contributed by atoms with Gasteiger partial charge in [0.15, 0.2) is 5.82 Å². The third-order valence-electron chi connectivity index (χ3n) is 6.14. The second kappa shape index (κ2) is 10.9. The number of hydrogen-bond acceptors (Lipinski definition) is 7. The zero-order valence-corrected chi connectivity index (χ0v) is 21.4. The Hall–Kier alpha value is -3.80. The van der Waals surface area contributed by atoms with Crippen LogP contribution in [0.3, 0.4) is 0 Å². The van der Waals surface area contributed by atoms with Crippen LogP contribution in [0.2, 0.25) is 0 Å². The number of carbonyl (C=O) groups is 1. The molecule has 220 valence electrons. The highest BCUT2D eigenvalue weighted by Crippen LogP contribution is 2.35. The number of rotatable bonds is 6. The molecule has 41 heavy (non-hydrogen) atoms. The Morgan fingerprint density at radius 1 is 1.00 bits per heavy atom. The summed E-state index contributed by atoms with van der Waals surface area (Å²) in [5.41, 5.74) is -2.47. The smallest absolute Gasteiger partial charge is 0.349 e. The van der Waals surface area contributed by atoms with E-state index in [0.29, 0.717) is 22.9 Å². The second-order valence-corrected chi connectivity index (χ2v) is 10.7. The van der Waals surface area contributed by atoms with Crippen LogP contribution in [-0.2, 0) is 33.7 Å². The number of alkyl halides is 7. The summed E-state index contributed by atoms with van der Waals surface area (Å²) in [6, 6.07) is 0.526. The predicted molar refractivity (Wildman–Crippen MR) is 123 cm³/mol. The molecule has 1 N–H and O–H groups in total. The van der Waals surface area contributed by atoms with Crippen molar-refractivity contribution in [2.45, 2.75) is 55.4 Å². The maximum absolute atomic E-state index is 14.6. The summed E-state index contributed by atoms with van der Waals surface area (Å²) in [7, 11) is -4.54. The van der Waals surface area contributed by atoms with E-state index >= 15 is 0 Å². The standard InChI is InChI=1S/C23H18F8N6O3S/c1-11-16(25)6-18(37(11)41(39,40)14-4-2-13(24)3-5-14)20(38)33-10-17-15(22(26,27)28)9-32-19(36-17)12-7-34-21(35-8-12)23(29,30)31/h2-5,7-9,11,16,18H,6,10H2,1H3,(H,33,38). The third-order valence-corrected chi connectivity index (χ3v) is 8.15. The third kappa shape index (κ3) is 6.27. The van der Waals surface area contributed by atoms with Gasteiger partial charge >= 0.3 is 12.4 Å². The van der Waals surface area contributed by atoms with Crippen molar-refractivity contribution in [3.05, 3.63) is 65.8 Å². The van der Waals surface area contributed by atoms with Crippen molar-refractivity contribution in [1.29, 1.82) is 0 Å². The first-order valence-electron chi connectivity index (χ1n) is 11.5. The van der Waals surface area contributed by atoms with Crippen LogP contribution in [0.4, 0.5) is 35.1 Å². The fraction of sp³-hybridized carbons (Fsp3) is 0.348. The molecule has 3 unspecified atom stereocenters. The number of aromatic nitrogens is 4. The van der Waals surface area contributed by atoms with Gasteiger partial charge in [-0.25, -0.2) is 37.1 Å². The lowest BCUT2D eigenvalue weighted by atomic mass is 10.1. The highest BCUT2D eigenvalue weighted by molar-refractivity contribution is 7.89. The average molecular weight is 610 g/mol. The Balaban J connectivity index is 1.61. The summed E-state index contributed by atoms with van der Waals surface area (Å²) in [5, 5.41) is 2.12. The lowest BCUT2D eigenvalue weighted by molar-refractivity contribution is -0.145. The highest BCUT2D eigenvalue weighted by atomic mass is 32.2. The molecule has 18 heteroatoms. The van der Waals surface area contributed by atoms with E-state index in [4.69, 9.17) is 0 Å². The van der Waals surface area contributed by atoms with E-state index in [-0.39, 0.29) is 5.56 Å². The molecule has 9 nitrogen and oxygen atoms in total. The molecule has 0 bridgehead atoms. The van der Waals surface area contributed by atoms with Gasteiger partial charge in [0.25, 0.3) is 0 Å². The van der Waals surface area contributed by atoms with Crippen molar-refractivity contribution in [2.24, 2.45) is 0 Å². The van der Waals surface area contributed by atoms with Crippen molar-refractivity contribution < 1.29 is 48.3 Å². The van der Waals surface area contributed by atoms with Gasteiger partial charge in [0.2, 0.25) is 21.8 Å². The molecule has 3 atom stereocenters. The molecule has 4 rings (SSSR count). The van der Waals surface area contributed by atoms with E-state index in [0.717, 1.165) is 24.3 Å². The first-order chi connectivity index (χ1) is 19.0. The van der Waals surface area contributed by atoms with E-state index in [9.17, 15) is 48.3 Å². The topological polar surface area (TPSA) is 118 Å². The van der Waals surface area contributed by atoms with Gasteiger partial charge in [-0.15, -0.1) is 0 Å². The number of hydrogen-bond donors (Lipinski definition) is 1. The van der Waals surface area contributed by atoms with Crippen molar-refractivity contribution in [1.82, 2.24) is 29.6 Å². The van der Waals surface area contributed by atoms with E-state index < -0.39 is 93.1 Å². The molecule has 1 fully saturated rings. The molecule has 0 spiro atoms. The monoisotopic (exact) mass is 610 g/mol. The summed E-state index contributed by atoms with van der Waals surface area (Å²) >= 11 is 0. The molecule has 3 heterocycles. The van der Waals surface area contributed by atoms with E-state index in [1.807, 2.05) is 0 Å². The van der Waals surface area contributed by atoms with Gasteiger partial charge in [-0.05, 0) is 31.2 Å². The number of sulfonamides is 1. The minimum atomic E-state index is -5.01. The predicted octanol–water partition coefficient (Wildman–Crippen LogP) is 3.92. The van der Waals surface area contributed by atoms with E-state index in [1.54, 1.807) is 0 Å². The minimum absolute atomic E-state index is 0.263. The molecule has 1 amide bonds. The second-order valence-electron chi connectivity index (χ2n) is 8.86. The lowest BCUT2D eigenvalue weighted by Gasteiger charge is -2.27. The normalized spacial score (nSPS) is 20.3. The van der Waals surface area contributed by atoms with Gasteiger partial charge in [0, 0.05) is 25.0 Å². The van der Waals surface area contributed by atoms with Gasteiger partial charge in [-0.1, -0.05) is 0 Å². The molecule has 3 aromatic rings. The van der Waals surface area contributed by atoms with Gasteiger partial charge in [-0.3, -0.25) is 4.79 Å². The van der Waals surface area contributed by atoms with Crippen LogP contribution in [0.5, 0.6) is 0 Å². The van der Waals surface area contributed by atoms with E-state index in [1.165, 1.54) is 6.92 Å². The molecule has 0 aliphatic carbocycles. The Morgan fingerprint density at radius 3 is 2.17 bits per heavy atom. The first-order valence-corrected chi connectivity index (χ1v) is 13.0. The fourth-order valence-corrected chi connectivity index (χ4v) is 5.91. The van der Waals surface area contributed by atoms with Gasteiger partial charge in [0.05, 0.1) is 34.3 Å². The van der Waals surface area contributed by atoms with Crippen molar-refractivity contribution in [3.63, 3.8) is 0 Å². The Bertz CT molecular complexity index is 1530. The van der Waals surface area contributed by atoms with Crippen LogP contribution in [0.25, 0.3) is 11.4 Å². The summed E-state index contributed by atoms with van der Waals surface area (Å²) in [6.45, 7) is 0.264. The average Bonchev–Trinajstić information content (AvgIpc) is 3.21. The van der Waals surface area contributed by atoms with Crippen LogP contribution in [0.1, 0.15) is 30.4 Å². The molecule has 1 aliphatic rings. The maximum Gasteiger partial charge on any atom is 0.451 e. The summed E-state index contributed by atoms with van der Waals surface area (Å²) in [6.07, 6.45) is -10.7. The Labute approximate surface area is 226 Å². The summed E-state index contributed by atoms with van der Waals surface area (Å²) < 4.78 is 134. The zero-order valence-electron chi connectivity index (χ0n) is 20.6. The largest absolute Gasteiger partial charge is 0.451 e. The van der Waals surface area contributed by atoms with E-state index in [2.05, 4.69) is 25.3 Å². The Morgan fingerprint density at radius 2 is 1.61 bits per heavy atom. The molecule has 1 aromatic carbocycles. The number of benzene rings is 1. The van der Waals surface area contributed by atoms with Gasteiger partial charge in [-0.2, -0.15) is 30.6 Å². The molecule has 1 saturated heterocycles. The molecular weight excluding hydrogens is 592 g/mol. The van der Waals surface area contributed by atoms with Crippen LogP contribution < -0.4 is 5.32 Å². The van der Waals surface area contributed by atoms with Crippen LogP contribution >= 0.6 is 0 Å². The van der Waals surface area contributed by atoms with Crippen molar-refractivity contribution in [2.75, 3.05) is 0 Å². The summed E-state index contributed by atoms with van der Waals surface area (Å²) in [4.78, 5) is 26.0. The van der Waals surface area contributed by atoms with Gasteiger partial charge in [0.1, 0.15) is 18.0 Å². The van der Waals surface area contributed by atoms with Crippen LogP contribution in [0, 0.1) is 5.82 Å². The van der Waals surface area contributed by atoms with Crippen LogP contribution in [0.15, 0.2) is 47.8 Å². The fourth-order valence-electron chi connectivity index (χ4n) is 4.10. The number of carbonyl (C=O) groups excluding carboxylic acids is 1. The number of halogens is 8. The minimum Gasteiger partial charge on any atom is -0.349 e. The van der Waals surface area contributed by atoms with Crippen LogP contribution in [-0.4, -0.2) is 56.8 Å². The summed E-state index contributed by atoms with van der Waals surface area (Å²) in [5.74, 6) is -3.88. The van der Waals surface area contributed by atoms with Crippen molar-refractivity contribution in [3.8, 4) is 11.4 Å². The number of nitrogens with one attached hydrogen (secondary N) is 1. The SMILES string of the molecule is CC1C(F)CC(C(=O)NCc2nc(-c3cnc(C(F)(F)F)nc3)ncc2C(F)(F)F)N1S(=O)(=O)c1ccc(F)cc1. The quantitative estimate of drug-likeness (QED) is 0.421. The molecule has 1 aliphatic heterocycles. The highest BCUT2D eigenvalue weighted by Gasteiger charge is 2.49. The number of nitrogens with zero attached hydrogens (tertiary/aromatic N) is 5. The molecule has 0 saturated carbocycles. The molecule has 2 aromatic heterocycles. The lowest BCUT2D eigenvalue weighted by Crippen LogP contribution is -2.48. The zero-order chi connectivity index (χ0) is 30.3. The molecule has 0 radical (unpaired) electrons. The van der Waals surface area contributed by atoms with Gasteiger partial charge < -0.3 is 5.32 Å². The Kier molecular flexibility index (Phi) is 8.01. The first kappa shape index (κ1) is 30.2. The maximum atomic E-state index is 14.6.